The van der Waals surface area contributed by atoms with Gasteiger partial charge in [0, 0.05) is 61.6 Å². The molecule has 14 heteroatoms. The molecule has 0 heterocycles. The van der Waals surface area contributed by atoms with Crippen molar-refractivity contribution in [1.29, 1.82) is 0 Å². The van der Waals surface area contributed by atoms with Crippen LogP contribution in [0.2, 0.25) is 10.0 Å². The van der Waals surface area contributed by atoms with E-state index in [0.717, 1.165) is 45.5 Å². The van der Waals surface area contributed by atoms with Crippen molar-refractivity contribution in [3.63, 3.8) is 0 Å². The van der Waals surface area contributed by atoms with Gasteiger partial charge in [0.15, 0.2) is 0 Å². The van der Waals surface area contributed by atoms with Crippen molar-refractivity contribution in [3.8, 4) is 34.1 Å². The largest absolute Gasteiger partial charge is 0.488 e. The minimum atomic E-state index is -0.709. The zero-order valence-corrected chi connectivity index (χ0v) is 35.6. The molecular weight excluding hydrogens is 847 g/mol. The molecule has 4 N–H and O–H groups in total. The van der Waals surface area contributed by atoms with E-state index in [9.17, 15) is 27.8 Å². The van der Waals surface area contributed by atoms with Gasteiger partial charge in [-0.1, -0.05) is 59.6 Å². The van der Waals surface area contributed by atoms with Crippen LogP contribution in [-0.2, 0) is 39.5 Å². The van der Waals surface area contributed by atoms with Crippen molar-refractivity contribution >= 4 is 23.2 Å². The van der Waals surface area contributed by atoms with Crippen molar-refractivity contribution in [2.75, 3.05) is 26.3 Å². The first-order chi connectivity index (χ1) is 29.9. The van der Waals surface area contributed by atoms with Gasteiger partial charge in [0.05, 0.1) is 23.3 Å². The van der Waals surface area contributed by atoms with Gasteiger partial charge in [-0.25, -0.2) is 17.6 Å². The van der Waals surface area contributed by atoms with E-state index in [4.69, 9.17) is 42.1 Å². The summed E-state index contributed by atoms with van der Waals surface area (Å²) in [6.45, 7) is 5.33. The van der Waals surface area contributed by atoms with Gasteiger partial charge in [0.1, 0.15) is 72.7 Å². The average molecular weight is 894 g/mol. The van der Waals surface area contributed by atoms with E-state index in [-0.39, 0.29) is 39.6 Å². The predicted molar refractivity (Wildman–Crippen MR) is 232 cm³/mol. The van der Waals surface area contributed by atoms with Crippen LogP contribution in [0, 0.1) is 37.1 Å². The molecule has 0 aliphatic carbocycles. The molecule has 0 bridgehead atoms. The Kier molecular flexibility index (Phi) is 16.5. The third-order valence-corrected chi connectivity index (χ3v) is 10.6. The molecule has 0 unspecified atom stereocenters. The van der Waals surface area contributed by atoms with Gasteiger partial charge >= 0.3 is 0 Å². The first-order valence-corrected chi connectivity index (χ1v) is 20.5. The second-order valence-electron chi connectivity index (χ2n) is 14.5. The highest BCUT2D eigenvalue weighted by Gasteiger charge is 2.17. The highest BCUT2D eigenvalue weighted by Crippen LogP contribution is 2.37. The quantitative estimate of drug-likeness (QED) is 0.0419. The van der Waals surface area contributed by atoms with Crippen molar-refractivity contribution < 1.29 is 46.7 Å². The Hall–Kier alpha value is -5.34. The summed E-state index contributed by atoms with van der Waals surface area (Å²) in [7, 11) is 0. The van der Waals surface area contributed by atoms with E-state index in [1.807, 2.05) is 50.2 Å². The van der Waals surface area contributed by atoms with E-state index in [1.54, 1.807) is 24.3 Å². The van der Waals surface area contributed by atoms with Gasteiger partial charge in [-0.3, -0.25) is 0 Å². The van der Waals surface area contributed by atoms with Crippen LogP contribution in [0.5, 0.6) is 23.0 Å². The smallest absolute Gasteiger partial charge is 0.142 e. The van der Waals surface area contributed by atoms with Crippen LogP contribution >= 0.6 is 23.2 Å². The molecule has 0 radical (unpaired) electrons. The number of hydrogen-bond donors (Lipinski definition) is 4. The van der Waals surface area contributed by atoms with Gasteiger partial charge in [-0.2, -0.15) is 0 Å². The zero-order chi connectivity index (χ0) is 44.2. The van der Waals surface area contributed by atoms with Gasteiger partial charge in [-0.15, -0.1) is 0 Å². The van der Waals surface area contributed by atoms with E-state index < -0.39 is 23.3 Å². The van der Waals surface area contributed by atoms with Crippen LogP contribution in [0.15, 0.2) is 97.1 Å². The topological polar surface area (TPSA) is 101 Å². The molecule has 0 atom stereocenters. The van der Waals surface area contributed by atoms with Crippen molar-refractivity contribution in [2.24, 2.45) is 0 Å². The maximum absolute atomic E-state index is 13.9. The minimum absolute atomic E-state index is 0.0670. The molecule has 0 saturated carbocycles. The lowest BCUT2D eigenvalue weighted by Gasteiger charge is -2.19. The molecule has 6 aromatic rings. The van der Waals surface area contributed by atoms with Crippen LogP contribution in [-0.4, -0.2) is 36.5 Å². The lowest BCUT2D eigenvalue weighted by Crippen LogP contribution is -2.18. The van der Waals surface area contributed by atoms with Crippen LogP contribution in [0.4, 0.5) is 17.6 Å². The maximum Gasteiger partial charge on any atom is 0.142 e. The molecule has 326 valence electrons. The van der Waals surface area contributed by atoms with Gasteiger partial charge in [-0.05, 0) is 94.8 Å². The molecule has 0 amide bonds. The van der Waals surface area contributed by atoms with Crippen molar-refractivity contribution in [2.45, 2.75) is 53.4 Å². The lowest BCUT2D eigenvalue weighted by molar-refractivity contribution is 0.282. The van der Waals surface area contributed by atoms with Crippen LogP contribution in [0.1, 0.15) is 44.5 Å². The highest BCUT2D eigenvalue weighted by atomic mass is 35.5. The van der Waals surface area contributed by atoms with E-state index >= 15 is 0 Å². The normalized spacial score (nSPS) is 11.2. The van der Waals surface area contributed by atoms with Crippen molar-refractivity contribution in [3.05, 3.63) is 175 Å². The summed E-state index contributed by atoms with van der Waals surface area (Å²) in [5.41, 5.74) is 7.69. The minimum Gasteiger partial charge on any atom is -0.488 e. The summed E-state index contributed by atoms with van der Waals surface area (Å²) in [6.07, 6.45) is 0. The first-order valence-electron chi connectivity index (χ1n) is 19.8. The Morgan fingerprint density at radius 2 is 0.839 bits per heavy atom. The number of aliphatic hydroxyl groups excluding tert-OH is 2. The number of benzene rings is 6. The Balaban J connectivity index is 1.18. The molecule has 6 aromatic carbocycles. The number of halogens is 6. The third kappa shape index (κ3) is 12.4. The van der Waals surface area contributed by atoms with Gasteiger partial charge < -0.3 is 39.8 Å². The Labute approximate surface area is 368 Å². The third-order valence-electron chi connectivity index (χ3n) is 10.0. The SMILES string of the molecule is Cc1c(COc2cc(OCc3cc(F)cc(F)c3)c(CNCCO)cc2Cl)cccc1-c1cccc(COc2cc(OCc3cc(F)cc(F)c3)c(CNCCO)cc2Cl)c1C. The molecule has 6 rings (SSSR count). The summed E-state index contributed by atoms with van der Waals surface area (Å²) in [5.74, 6) is -1.34. The number of rotatable bonds is 21. The standard InChI is InChI=1S/C48H46Cl2F4N2O6/c1-29-33(27-61-47-21-45(35(17-43(47)49)23-55-9-11-57)59-25-31-13-37(51)19-38(52)14-31)5-3-7-41(29)42-8-4-6-34(30(42)2)28-62-48-22-46(36(18-44(48)50)24-56-10-12-58)60-26-32-15-39(53)20-40(54)16-32/h3-8,13-22,55-58H,9-12,23-28H2,1-2H3. The summed E-state index contributed by atoms with van der Waals surface area (Å²) < 4.78 is 80.1. The fourth-order valence-corrected chi connectivity index (χ4v) is 7.29. The van der Waals surface area contributed by atoms with E-state index in [2.05, 4.69) is 10.6 Å². The predicted octanol–water partition coefficient (Wildman–Crippen LogP) is 10.3. The number of ether oxygens (including phenoxy) is 4. The zero-order valence-electron chi connectivity index (χ0n) is 34.1. The summed E-state index contributed by atoms with van der Waals surface area (Å²) in [5, 5.41) is 25.4. The molecule has 62 heavy (non-hydrogen) atoms. The van der Waals surface area contributed by atoms with E-state index in [0.29, 0.717) is 81.5 Å². The second kappa shape index (κ2) is 22.1. The molecule has 0 aromatic heterocycles. The Morgan fingerprint density at radius 1 is 0.468 bits per heavy atom. The molecule has 0 aliphatic heterocycles. The summed E-state index contributed by atoms with van der Waals surface area (Å²) in [6, 6.07) is 25.0. The average Bonchev–Trinajstić information content (AvgIpc) is 3.22. The fraction of sp³-hybridized carbons (Fsp3) is 0.250. The second-order valence-corrected chi connectivity index (χ2v) is 15.3. The number of hydrogen-bond acceptors (Lipinski definition) is 8. The monoisotopic (exact) mass is 892 g/mol. The number of nitrogens with one attached hydrogen (secondary N) is 2. The highest BCUT2D eigenvalue weighted by molar-refractivity contribution is 6.32. The van der Waals surface area contributed by atoms with Crippen LogP contribution in [0.25, 0.3) is 11.1 Å². The van der Waals surface area contributed by atoms with Crippen LogP contribution < -0.4 is 29.6 Å². The van der Waals surface area contributed by atoms with Crippen LogP contribution in [0.3, 0.4) is 0 Å². The summed E-state index contributed by atoms with van der Waals surface area (Å²) >= 11 is 13.4. The maximum atomic E-state index is 13.9. The van der Waals surface area contributed by atoms with E-state index in [1.165, 1.54) is 24.3 Å². The molecule has 0 saturated heterocycles. The lowest BCUT2D eigenvalue weighted by atomic mass is 9.92. The fourth-order valence-electron chi connectivity index (χ4n) is 6.81. The molecule has 0 fully saturated rings. The van der Waals surface area contributed by atoms with Crippen molar-refractivity contribution in [1.82, 2.24) is 10.6 Å². The summed E-state index contributed by atoms with van der Waals surface area (Å²) in [4.78, 5) is 0. The Bertz CT molecular complexity index is 2280. The number of aliphatic hydroxyl groups is 2. The molecular formula is C48H46Cl2F4N2O6. The molecule has 0 spiro atoms. The van der Waals surface area contributed by atoms with Gasteiger partial charge in [0.2, 0.25) is 0 Å². The van der Waals surface area contributed by atoms with Gasteiger partial charge in [0.25, 0.3) is 0 Å². The molecule has 0 aliphatic rings. The Morgan fingerprint density at radius 3 is 1.21 bits per heavy atom. The first kappa shape index (κ1) is 46.2. The molecule has 8 nitrogen and oxygen atoms in total.